The molecule has 0 radical (unpaired) electrons. The summed E-state index contributed by atoms with van der Waals surface area (Å²) >= 11 is 0. The zero-order valence-electron chi connectivity index (χ0n) is 39.4. The number of hydrogen-bond acceptors (Lipinski definition) is 11. The first kappa shape index (κ1) is 56.5. The second-order valence-electron chi connectivity index (χ2n) is 16.5. The van der Waals surface area contributed by atoms with Crippen LogP contribution < -0.4 is 31.9 Å². The Morgan fingerprint density at radius 1 is 0.545 bits per heavy atom. The van der Waals surface area contributed by atoms with E-state index in [1.807, 2.05) is 11.0 Å². The molecular weight excluding hydrogens is 853 g/mol. The van der Waals surface area contributed by atoms with Gasteiger partial charge in [-0.3, -0.25) is 43.2 Å². The van der Waals surface area contributed by atoms with Gasteiger partial charge in [0.1, 0.15) is 32.4 Å². The third-order valence-corrected chi connectivity index (χ3v) is 10.9. The fourth-order valence-corrected chi connectivity index (χ4v) is 6.87. The van der Waals surface area contributed by atoms with Crippen LogP contribution in [0, 0.1) is 0 Å². The lowest BCUT2D eigenvalue weighted by Crippen LogP contribution is -2.60. The minimum atomic E-state index is -0.865. The summed E-state index contributed by atoms with van der Waals surface area (Å²) in [6, 6.07) is 8.13. The van der Waals surface area contributed by atoms with E-state index in [4.69, 9.17) is 9.47 Å². The lowest BCUT2D eigenvalue weighted by Gasteiger charge is -2.39. The zero-order valence-corrected chi connectivity index (χ0v) is 39.4. The highest BCUT2D eigenvalue weighted by Crippen LogP contribution is 2.17. The molecule has 1 aromatic carbocycles. The van der Waals surface area contributed by atoms with Gasteiger partial charge in [0.2, 0.25) is 47.3 Å². The van der Waals surface area contributed by atoms with Crippen LogP contribution in [0.5, 0.6) is 0 Å². The maximum atomic E-state index is 13.1. The van der Waals surface area contributed by atoms with Gasteiger partial charge >= 0.3 is 5.97 Å². The summed E-state index contributed by atoms with van der Waals surface area (Å²) in [5, 5.41) is 14.2. The second-order valence-corrected chi connectivity index (χ2v) is 16.5. The Bertz CT molecular complexity index is 1630. The molecule has 1 aliphatic heterocycles. The Morgan fingerprint density at radius 3 is 1.50 bits per heavy atom. The largest absolute Gasteiger partial charge is 0.460 e. The standard InChI is InChI=1S/C47H76N8O11/c1-3-5-7-9-11-13-15-20-25-54(26-21-16-14-12-10-8-6-4-2)45(62)36-65-35-43(60)50-30-39(56)48-28-40(57)51-32-44(61)55-27-24-38(55)47(64)53-31-42(59)49-29-41(58)52-33-46(63)66-34-37-22-18-17-19-23-37/h17-19,22-23,38H,3-16,20-21,24-36H2,1-2H3,(H,48,56)(H,49,59)(H,50,60)(H,51,57)(H,52,58)(H,53,64)/t38-/m0/s1. The van der Waals surface area contributed by atoms with Gasteiger partial charge in [-0.05, 0) is 24.8 Å². The van der Waals surface area contributed by atoms with Crippen molar-refractivity contribution in [3.63, 3.8) is 0 Å². The van der Waals surface area contributed by atoms with Crippen molar-refractivity contribution in [3.05, 3.63) is 35.9 Å². The Labute approximate surface area is 390 Å². The molecule has 66 heavy (non-hydrogen) atoms. The summed E-state index contributed by atoms with van der Waals surface area (Å²) in [7, 11) is 0. The molecule has 0 aliphatic carbocycles. The monoisotopic (exact) mass is 929 g/mol. The first-order valence-corrected chi connectivity index (χ1v) is 23.9. The summed E-state index contributed by atoms with van der Waals surface area (Å²) in [6.07, 6.45) is 19.0. The molecule has 6 N–H and O–H groups in total. The van der Waals surface area contributed by atoms with Crippen LogP contribution in [-0.2, 0) is 59.2 Å². The molecule has 0 aromatic heterocycles. The highest BCUT2D eigenvalue weighted by molar-refractivity contribution is 5.94. The highest BCUT2D eigenvalue weighted by atomic mass is 16.5. The summed E-state index contributed by atoms with van der Waals surface area (Å²) in [5.41, 5.74) is 0.787. The molecule has 0 bridgehead atoms. The molecule has 0 saturated carbocycles. The quantitative estimate of drug-likeness (QED) is 0.0417. The molecule has 2 rings (SSSR count). The Balaban J connectivity index is 1.58. The number of rotatable bonds is 37. The van der Waals surface area contributed by atoms with Gasteiger partial charge in [0.25, 0.3) is 0 Å². The molecule has 0 unspecified atom stereocenters. The van der Waals surface area contributed by atoms with Crippen LogP contribution in [-0.4, -0.2) is 141 Å². The van der Waals surface area contributed by atoms with Gasteiger partial charge < -0.3 is 51.2 Å². The van der Waals surface area contributed by atoms with Crippen LogP contribution in [0.2, 0.25) is 0 Å². The first-order chi connectivity index (χ1) is 31.9. The van der Waals surface area contributed by atoms with Crippen molar-refractivity contribution in [3.8, 4) is 0 Å². The number of unbranched alkanes of at least 4 members (excludes halogenated alkanes) is 14. The van der Waals surface area contributed by atoms with Crippen molar-refractivity contribution < 1.29 is 52.6 Å². The van der Waals surface area contributed by atoms with Gasteiger partial charge in [0.05, 0.1) is 32.7 Å². The number of nitrogens with one attached hydrogen (secondary N) is 6. The topological polar surface area (TPSA) is 251 Å². The Kier molecular flexibility index (Phi) is 30.5. The predicted octanol–water partition coefficient (Wildman–Crippen LogP) is 2.15. The number of ether oxygens (including phenoxy) is 2. The van der Waals surface area contributed by atoms with Crippen LogP contribution in [0.3, 0.4) is 0 Å². The van der Waals surface area contributed by atoms with Gasteiger partial charge in [-0.25, -0.2) is 0 Å². The van der Waals surface area contributed by atoms with Crippen molar-refractivity contribution in [2.24, 2.45) is 0 Å². The van der Waals surface area contributed by atoms with Crippen LogP contribution >= 0.6 is 0 Å². The number of carbonyl (C=O) groups is 9. The fourth-order valence-electron chi connectivity index (χ4n) is 6.87. The maximum Gasteiger partial charge on any atom is 0.325 e. The Hall–Kier alpha value is -5.59. The number of likely N-dealkylation sites (tertiary alicyclic amines) is 1. The first-order valence-electron chi connectivity index (χ1n) is 23.9. The molecular formula is C47H76N8O11. The molecule has 0 spiro atoms. The van der Waals surface area contributed by atoms with E-state index in [-0.39, 0.29) is 25.7 Å². The van der Waals surface area contributed by atoms with E-state index in [0.717, 1.165) is 44.1 Å². The average Bonchev–Trinajstić information content (AvgIpc) is 3.30. The maximum absolute atomic E-state index is 13.1. The van der Waals surface area contributed by atoms with E-state index >= 15 is 0 Å². The third-order valence-electron chi connectivity index (χ3n) is 10.9. The molecule has 19 nitrogen and oxygen atoms in total. The minimum absolute atomic E-state index is 0.0517. The third kappa shape index (κ3) is 27.0. The fraction of sp³-hybridized carbons (Fsp3) is 0.681. The number of benzene rings is 1. The lowest BCUT2D eigenvalue weighted by molar-refractivity contribution is -0.147. The molecule has 1 atom stereocenters. The van der Waals surface area contributed by atoms with E-state index in [1.165, 1.54) is 69.1 Å². The predicted molar refractivity (Wildman–Crippen MR) is 247 cm³/mol. The van der Waals surface area contributed by atoms with Crippen molar-refractivity contribution in [1.82, 2.24) is 41.7 Å². The zero-order chi connectivity index (χ0) is 48.2. The number of hydrogen-bond donors (Lipinski definition) is 6. The van der Waals surface area contributed by atoms with Crippen LogP contribution in [0.4, 0.5) is 0 Å². The Morgan fingerprint density at radius 2 is 1.00 bits per heavy atom. The smallest absolute Gasteiger partial charge is 0.325 e. The molecule has 1 aliphatic rings. The summed E-state index contributed by atoms with van der Waals surface area (Å²) in [4.78, 5) is 114. The van der Waals surface area contributed by atoms with Gasteiger partial charge in [-0.2, -0.15) is 0 Å². The molecule has 1 heterocycles. The lowest BCUT2D eigenvalue weighted by atomic mass is 10.0. The SMILES string of the molecule is CCCCCCCCCCN(CCCCCCCCCC)C(=O)COCC(=O)NCC(=O)NCC(=O)NCC(=O)N1CC[C@H]1C(=O)NCC(=O)NCC(=O)NCC(=O)OCc1ccccc1. The van der Waals surface area contributed by atoms with Crippen molar-refractivity contribution in [1.29, 1.82) is 0 Å². The molecule has 370 valence electrons. The minimum Gasteiger partial charge on any atom is -0.460 e. The van der Waals surface area contributed by atoms with E-state index in [9.17, 15) is 43.2 Å². The van der Waals surface area contributed by atoms with Crippen LogP contribution in [0.1, 0.15) is 129 Å². The van der Waals surface area contributed by atoms with Crippen LogP contribution in [0.25, 0.3) is 0 Å². The summed E-state index contributed by atoms with van der Waals surface area (Å²) in [5.74, 6) is -5.23. The molecule has 1 saturated heterocycles. The van der Waals surface area contributed by atoms with E-state index < -0.39 is 99.2 Å². The summed E-state index contributed by atoms with van der Waals surface area (Å²) < 4.78 is 10.5. The van der Waals surface area contributed by atoms with Crippen molar-refractivity contribution in [2.45, 2.75) is 136 Å². The highest BCUT2D eigenvalue weighted by Gasteiger charge is 2.37. The molecule has 19 heteroatoms. The van der Waals surface area contributed by atoms with Crippen LogP contribution in [0.15, 0.2) is 30.3 Å². The number of esters is 1. The van der Waals surface area contributed by atoms with E-state index in [1.54, 1.807) is 24.3 Å². The number of nitrogens with zero attached hydrogens (tertiary/aromatic N) is 2. The molecule has 1 aromatic rings. The van der Waals surface area contributed by atoms with Gasteiger partial charge in [-0.1, -0.05) is 134 Å². The van der Waals surface area contributed by atoms with Gasteiger partial charge in [0, 0.05) is 19.6 Å². The van der Waals surface area contributed by atoms with Gasteiger partial charge in [0.15, 0.2) is 0 Å². The van der Waals surface area contributed by atoms with Crippen molar-refractivity contribution >= 4 is 53.2 Å². The number of amides is 8. The number of carbonyl (C=O) groups excluding carboxylic acids is 9. The normalized spacial score (nSPS) is 12.8. The second kappa shape index (κ2) is 35.6. The van der Waals surface area contributed by atoms with Gasteiger partial charge in [-0.15, -0.1) is 0 Å². The molecule has 8 amide bonds. The van der Waals surface area contributed by atoms with E-state index in [2.05, 4.69) is 45.7 Å². The van der Waals surface area contributed by atoms with Crippen molar-refractivity contribution in [2.75, 3.05) is 72.1 Å². The summed E-state index contributed by atoms with van der Waals surface area (Å²) in [6.45, 7) is 2.71. The average molecular weight is 929 g/mol. The van der Waals surface area contributed by atoms with E-state index in [0.29, 0.717) is 19.5 Å². The molecule has 1 fully saturated rings.